The second-order valence-corrected chi connectivity index (χ2v) is 14.1. The summed E-state index contributed by atoms with van der Waals surface area (Å²) in [4.78, 5) is 49.0. The number of Topliss-reactive ketones (excluding diaryl/α,β-unsaturated/α-hetero) is 1. The number of aromatic nitrogens is 3. The first-order chi connectivity index (χ1) is 22.9. The second kappa shape index (κ2) is 13.2. The number of ketones is 1. The van der Waals surface area contributed by atoms with Gasteiger partial charge in [-0.3, -0.25) is 19.9 Å². The fraction of sp³-hybridized carbons (Fsp3) is 0.233. The lowest BCUT2D eigenvalue weighted by atomic mass is 9.89. The smallest absolute Gasteiger partial charge is 0.234 e. The lowest BCUT2D eigenvalue weighted by Gasteiger charge is -2.50. The number of carbonyl (C=O) groups is 3. The molecule has 18 heteroatoms. The van der Waals surface area contributed by atoms with E-state index >= 15 is 0 Å². The molecule has 2 aliphatic rings. The molecule has 0 aliphatic carbocycles. The van der Waals surface area contributed by atoms with Gasteiger partial charge >= 0.3 is 0 Å². The Morgan fingerprint density at radius 3 is 2.73 bits per heavy atom. The van der Waals surface area contributed by atoms with E-state index in [1.165, 1.54) is 24.9 Å². The number of fused-ring (bicyclic) bond motifs is 2. The van der Waals surface area contributed by atoms with Gasteiger partial charge in [-0.2, -0.15) is 4.57 Å². The van der Waals surface area contributed by atoms with Crippen molar-refractivity contribution in [1.82, 2.24) is 14.5 Å². The number of β-lactam (4-membered cyclic amide) rings is 1. The number of rotatable bonds is 11. The zero-order chi connectivity index (χ0) is 34.4. The van der Waals surface area contributed by atoms with Crippen molar-refractivity contribution in [3.63, 3.8) is 0 Å². The molecule has 5 heterocycles. The normalized spacial score (nSPS) is 17.8. The number of hydrogen-bond acceptors (Lipinski definition) is 11. The summed E-state index contributed by atoms with van der Waals surface area (Å²) in [5, 5.41) is 24.2. The van der Waals surface area contributed by atoms with E-state index in [1.807, 2.05) is 12.1 Å². The van der Waals surface area contributed by atoms with Crippen LogP contribution in [-0.4, -0.2) is 61.9 Å². The number of benzene rings is 1. The molecule has 48 heavy (non-hydrogen) atoms. The van der Waals surface area contributed by atoms with Gasteiger partial charge in [0.25, 0.3) is 0 Å². The summed E-state index contributed by atoms with van der Waals surface area (Å²) < 4.78 is 18.6. The van der Waals surface area contributed by atoms with Crippen molar-refractivity contribution < 1.29 is 33.3 Å². The molecule has 1 aromatic carbocycles. The highest BCUT2D eigenvalue weighted by atomic mass is 35.5. The number of halogens is 3. The molecule has 2 atom stereocenters. The predicted octanol–water partition coefficient (Wildman–Crippen LogP) is 2.29. The number of carboxylic acid groups (broad SMARTS) is 1. The quantitative estimate of drug-likeness (QED) is 0.0682. The number of thioether (sulfide) groups is 1. The Morgan fingerprint density at radius 1 is 1.31 bits per heavy atom. The van der Waals surface area contributed by atoms with Crippen LogP contribution in [0.3, 0.4) is 0 Å². The maximum absolute atomic E-state index is 14.9. The first-order valence-electron chi connectivity index (χ1n) is 14.1. The predicted molar refractivity (Wildman–Crippen MR) is 177 cm³/mol. The Bertz CT molecular complexity index is 2070. The van der Waals surface area contributed by atoms with Gasteiger partial charge in [0.2, 0.25) is 5.91 Å². The molecule has 1 fully saturated rings. The zero-order valence-corrected chi connectivity index (χ0v) is 28.1. The van der Waals surface area contributed by atoms with Crippen LogP contribution in [0.25, 0.3) is 10.9 Å². The number of amides is 1. The van der Waals surface area contributed by atoms with Crippen LogP contribution in [0.4, 0.5) is 9.52 Å². The van der Waals surface area contributed by atoms with Gasteiger partial charge in [0.05, 0.1) is 29.5 Å². The van der Waals surface area contributed by atoms with E-state index in [-0.39, 0.29) is 73.8 Å². The number of nitrogens with two attached hydrogens (primary N) is 2. The van der Waals surface area contributed by atoms with Gasteiger partial charge < -0.3 is 30.8 Å². The van der Waals surface area contributed by atoms with Gasteiger partial charge in [-0.1, -0.05) is 39.7 Å². The Kier molecular flexibility index (Phi) is 9.17. The lowest BCUT2D eigenvalue weighted by molar-refractivity contribution is -0.687. The summed E-state index contributed by atoms with van der Waals surface area (Å²) in [6, 6.07) is 6.28. The number of aliphatic carboxylic acids is 1. The SMILES string of the molecule is CO/N=C(\C(=O)C[C@@H]1C(=O)N2C(C(=O)[O-])=C(C[n+]3ccc4ccn(Cc5c(F)cc(C(=N)N)cc5Cl)c4c3)CS[C@H]12)c1nc(N)sc1Cl. The minimum Gasteiger partial charge on any atom is -0.543 e. The fourth-order valence-corrected chi connectivity index (χ4v) is 8.31. The molecule has 4 aromatic rings. The molecule has 1 amide bonds. The highest BCUT2D eigenvalue weighted by Crippen LogP contribution is 2.45. The molecule has 248 valence electrons. The van der Waals surface area contributed by atoms with Gasteiger partial charge in [0, 0.05) is 51.5 Å². The molecule has 2 aliphatic heterocycles. The summed E-state index contributed by atoms with van der Waals surface area (Å²) in [7, 11) is 1.25. The number of anilines is 1. The van der Waals surface area contributed by atoms with Gasteiger partial charge in [-0.05, 0) is 18.2 Å². The Balaban J connectivity index is 1.23. The van der Waals surface area contributed by atoms with Crippen molar-refractivity contribution in [3.8, 4) is 0 Å². The number of oxime groups is 1. The summed E-state index contributed by atoms with van der Waals surface area (Å²) in [6.07, 6.45) is 5.05. The van der Waals surface area contributed by atoms with Crippen LogP contribution < -0.4 is 21.1 Å². The molecule has 5 N–H and O–H groups in total. The van der Waals surface area contributed by atoms with E-state index in [0.29, 0.717) is 5.57 Å². The van der Waals surface area contributed by atoms with Gasteiger partial charge in [-0.25, -0.2) is 9.37 Å². The third kappa shape index (κ3) is 6.11. The third-order valence-corrected chi connectivity index (χ3v) is 10.8. The number of pyridine rings is 1. The minimum atomic E-state index is -1.51. The van der Waals surface area contributed by atoms with Gasteiger partial charge in [0.15, 0.2) is 35.6 Å². The number of carbonyl (C=O) groups excluding carboxylic acids is 3. The van der Waals surface area contributed by atoms with Crippen LogP contribution >= 0.6 is 46.3 Å². The Hall–Kier alpha value is -4.51. The first-order valence-corrected chi connectivity index (χ1v) is 16.7. The van der Waals surface area contributed by atoms with Crippen molar-refractivity contribution in [3.05, 3.63) is 86.1 Å². The first kappa shape index (κ1) is 33.4. The number of nitrogens with zero attached hydrogens (tertiary/aromatic N) is 5. The molecule has 13 nitrogen and oxygen atoms in total. The number of carboxylic acids is 1. The van der Waals surface area contributed by atoms with Crippen LogP contribution in [-0.2, 0) is 32.3 Å². The van der Waals surface area contributed by atoms with Crippen LogP contribution in [0.1, 0.15) is 23.2 Å². The lowest BCUT2D eigenvalue weighted by Crippen LogP contribution is -2.63. The summed E-state index contributed by atoms with van der Waals surface area (Å²) in [5.41, 5.74) is 12.4. The Labute approximate surface area is 290 Å². The highest BCUT2D eigenvalue weighted by Gasteiger charge is 2.53. The molecule has 0 saturated carbocycles. The van der Waals surface area contributed by atoms with Crippen LogP contribution in [0.15, 0.2) is 59.3 Å². The van der Waals surface area contributed by atoms with Crippen molar-refractivity contribution in [1.29, 1.82) is 5.41 Å². The largest absolute Gasteiger partial charge is 0.543 e. The molecule has 0 unspecified atom stereocenters. The van der Waals surface area contributed by atoms with Gasteiger partial charge in [0.1, 0.15) is 34.3 Å². The van der Waals surface area contributed by atoms with E-state index in [0.717, 1.165) is 33.2 Å². The van der Waals surface area contributed by atoms with E-state index < -0.39 is 34.8 Å². The van der Waals surface area contributed by atoms with Crippen LogP contribution in [0, 0.1) is 17.1 Å². The monoisotopic (exact) mass is 730 g/mol. The van der Waals surface area contributed by atoms with Gasteiger partial charge in [-0.15, -0.1) is 11.8 Å². The molecule has 0 spiro atoms. The van der Waals surface area contributed by atoms with Crippen molar-refractivity contribution >= 4 is 91.5 Å². The number of nitrogen functional groups attached to an aromatic ring is 2. The summed E-state index contributed by atoms with van der Waals surface area (Å²) in [5.74, 6) is -4.08. The molecular weight excluding hydrogens is 706 g/mol. The molecule has 1 saturated heterocycles. The maximum Gasteiger partial charge on any atom is 0.234 e. The van der Waals surface area contributed by atoms with E-state index in [1.54, 1.807) is 27.7 Å². The topological polar surface area (TPSA) is 197 Å². The van der Waals surface area contributed by atoms with E-state index in [9.17, 15) is 23.9 Å². The summed E-state index contributed by atoms with van der Waals surface area (Å²) in [6.45, 7) is 0.205. The average molecular weight is 732 g/mol. The Morgan fingerprint density at radius 2 is 2.08 bits per heavy atom. The molecule has 0 radical (unpaired) electrons. The molecular formula is C30H25Cl2FN8O5S2. The zero-order valence-electron chi connectivity index (χ0n) is 24.9. The molecule has 3 aromatic heterocycles. The molecule has 6 rings (SSSR count). The number of hydrogen-bond donors (Lipinski definition) is 3. The fourth-order valence-electron chi connectivity index (χ4n) is 5.71. The molecule has 0 bridgehead atoms. The van der Waals surface area contributed by atoms with Crippen LogP contribution in [0.2, 0.25) is 9.36 Å². The van der Waals surface area contributed by atoms with Crippen LogP contribution in [0.5, 0.6) is 0 Å². The van der Waals surface area contributed by atoms with E-state index in [4.69, 9.17) is 44.9 Å². The van der Waals surface area contributed by atoms with Crippen molar-refractivity contribution in [2.45, 2.75) is 24.9 Å². The van der Waals surface area contributed by atoms with E-state index in [2.05, 4.69) is 10.1 Å². The number of nitrogens with one attached hydrogen (secondary N) is 1. The summed E-state index contributed by atoms with van der Waals surface area (Å²) >= 11 is 14.8. The average Bonchev–Trinajstić information content (AvgIpc) is 3.60. The van der Waals surface area contributed by atoms with Crippen molar-refractivity contribution in [2.24, 2.45) is 16.8 Å². The van der Waals surface area contributed by atoms with Crippen molar-refractivity contribution in [2.75, 3.05) is 18.6 Å². The third-order valence-electron chi connectivity index (χ3n) is 7.96. The second-order valence-electron chi connectivity index (χ2n) is 10.9. The maximum atomic E-state index is 14.9. The minimum absolute atomic E-state index is 0.0443. The number of thiazole rings is 1. The highest BCUT2D eigenvalue weighted by molar-refractivity contribution is 8.00. The number of amidine groups is 1. The standard InChI is InChI=1S/C30H25Cl2FN8O5S2/c1-46-38-22(23-25(32)48-30(36)37-23)21(42)8-16-27(43)41-24(29(44)45)15(12-47-28(16)41)9-39-4-2-13-3-5-40(20(13)11-39)10-17-18(31)6-14(26(34)35)7-19(17)33/h2-7,11,16,28H,8-10,12H2,1H3,(H5-,34,35,36,37,44,45)/b38-22+/t16-,28-/m1/s1.